The van der Waals surface area contributed by atoms with Crippen LogP contribution < -0.4 is 10.2 Å². The van der Waals surface area contributed by atoms with E-state index in [4.69, 9.17) is 0 Å². The van der Waals surface area contributed by atoms with Crippen molar-refractivity contribution in [2.24, 2.45) is 4.99 Å². The van der Waals surface area contributed by atoms with Crippen LogP contribution in [0.5, 0.6) is 0 Å². The SMILES string of the molecule is C=CCCCN(C)C(=NCCS(=O)(=O)N1CCN(c2ccccn2)CC1)NCC.I. The van der Waals surface area contributed by atoms with E-state index < -0.39 is 10.0 Å². The van der Waals surface area contributed by atoms with Crippen molar-refractivity contribution in [2.75, 3.05) is 63.5 Å². The van der Waals surface area contributed by atoms with Crippen LogP contribution in [0.2, 0.25) is 0 Å². The number of anilines is 1. The summed E-state index contributed by atoms with van der Waals surface area (Å²) in [5.41, 5.74) is 0. The largest absolute Gasteiger partial charge is 0.357 e. The molecular weight excluding hydrogens is 515 g/mol. The van der Waals surface area contributed by atoms with Crippen molar-refractivity contribution in [3.8, 4) is 0 Å². The van der Waals surface area contributed by atoms with Crippen LogP contribution in [0.1, 0.15) is 19.8 Å². The molecule has 2 rings (SSSR count). The molecule has 10 heteroatoms. The summed E-state index contributed by atoms with van der Waals surface area (Å²) in [6.45, 7) is 9.83. The molecule has 0 unspecified atom stereocenters. The van der Waals surface area contributed by atoms with Crippen molar-refractivity contribution < 1.29 is 8.42 Å². The monoisotopic (exact) mass is 550 g/mol. The fourth-order valence-electron chi connectivity index (χ4n) is 3.18. The second kappa shape index (κ2) is 13.8. The van der Waals surface area contributed by atoms with Crippen LogP contribution in [0.25, 0.3) is 0 Å². The van der Waals surface area contributed by atoms with Gasteiger partial charge in [-0.05, 0) is 31.9 Å². The summed E-state index contributed by atoms with van der Waals surface area (Å²) >= 11 is 0. The van der Waals surface area contributed by atoms with Gasteiger partial charge in [0.05, 0.1) is 12.3 Å². The van der Waals surface area contributed by atoms with Crippen molar-refractivity contribution in [1.82, 2.24) is 19.5 Å². The van der Waals surface area contributed by atoms with Gasteiger partial charge in [0.15, 0.2) is 5.96 Å². The van der Waals surface area contributed by atoms with Crippen LogP contribution >= 0.6 is 24.0 Å². The number of nitrogens with zero attached hydrogens (tertiary/aromatic N) is 5. The topological polar surface area (TPSA) is 81.1 Å². The second-order valence-electron chi connectivity index (χ2n) is 6.98. The molecule has 1 saturated heterocycles. The van der Waals surface area contributed by atoms with Crippen LogP contribution in [0.3, 0.4) is 0 Å². The minimum Gasteiger partial charge on any atom is -0.357 e. The average Bonchev–Trinajstić information content (AvgIpc) is 2.74. The van der Waals surface area contributed by atoms with Crippen molar-refractivity contribution in [3.05, 3.63) is 37.1 Å². The molecule has 0 radical (unpaired) electrons. The van der Waals surface area contributed by atoms with Crippen LogP contribution in [-0.2, 0) is 10.0 Å². The first-order valence-electron chi connectivity index (χ1n) is 10.2. The molecule has 0 bridgehead atoms. The highest BCUT2D eigenvalue weighted by Crippen LogP contribution is 2.14. The molecule has 0 aromatic carbocycles. The van der Waals surface area contributed by atoms with Gasteiger partial charge >= 0.3 is 0 Å². The summed E-state index contributed by atoms with van der Waals surface area (Å²) in [4.78, 5) is 13.0. The third-order valence-corrected chi connectivity index (χ3v) is 6.66. The number of rotatable bonds is 10. The molecule has 170 valence electrons. The predicted molar refractivity (Wildman–Crippen MR) is 135 cm³/mol. The zero-order chi connectivity index (χ0) is 21.1. The lowest BCUT2D eigenvalue weighted by molar-refractivity contribution is 0.384. The number of unbranched alkanes of at least 4 members (excludes halogenated alkanes) is 1. The Morgan fingerprint density at radius 3 is 2.67 bits per heavy atom. The molecule has 1 aliphatic heterocycles. The second-order valence-corrected chi connectivity index (χ2v) is 9.07. The number of hydrogen-bond donors (Lipinski definition) is 1. The molecule has 30 heavy (non-hydrogen) atoms. The third-order valence-electron chi connectivity index (χ3n) is 4.81. The molecule has 0 spiro atoms. The average molecular weight is 551 g/mol. The van der Waals surface area contributed by atoms with Gasteiger partial charge in [0, 0.05) is 52.5 Å². The number of guanidine groups is 1. The minimum absolute atomic E-state index is 0. The predicted octanol–water partition coefficient (Wildman–Crippen LogP) is 2.01. The summed E-state index contributed by atoms with van der Waals surface area (Å²) < 4.78 is 27.0. The Balaban J connectivity index is 0.00000450. The van der Waals surface area contributed by atoms with E-state index in [1.165, 1.54) is 0 Å². The Labute approximate surface area is 198 Å². The van der Waals surface area contributed by atoms with Crippen LogP contribution in [0, 0.1) is 0 Å². The number of hydrogen-bond acceptors (Lipinski definition) is 5. The van der Waals surface area contributed by atoms with Gasteiger partial charge < -0.3 is 15.1 Å². The highest BCUT2D eigenvalue weighted by atomic mass is 127. The standard InChI is InChI=1S/C20H34N6O2S.HI/c1-4-6-9-13-24(3)20(21-5-2)23-12-18-29(27,28)26-16-14-25(15-17-26)19-10-7-8-11-22-19;/h4,7-8,10-11H,1,5-6,9,12-18H2,2-3H3,(H,21,23);1H. The fourth-order valence-corrected chi connectivity index (χ4v) is 4.48. The third kappa shape index (κ3) is 8.38. The van der Waals surface area contributed by atoms with Crippen molar-refractivity contribution >= 4 is 45.8 Å². The van der Waals surface area contributed by atoms with Crippen LogP contribution in [0.15, 0.2) is 42.0 Å². The van der Waals surface area contributed by atoms with Gasteiger partial charge in [-0.15, -0.1) is 30.6 Å². The Bertz CT molecular complexity index is 752. The Hall–Kier alpha value is -1.40. The van der Waals surface area contributed by atoms with Crippen LogP contribution in [0.4, 0.5) is 5.82 Å². The maximum absolute atomic E-state index is 12.7. The summed E-state index contributed by atoms with van der Waals surface area (Å²) in [7, 11) is -1.36. The van der Waals surface area contributed by atoms with Gasteiger partial charge in [0.2, 0.25) is 10.0 Å². The van der Waals surface area contributed by atoms with Gasteiger partial charge in [0.1, 0.15) is 5.82 Å². The van der Waals surface area contributed by atoms with E-state index >= 15 is 0 Å². The first-order valence-corrected chi connectivity index (χ1v) is 11.8. The Kier molecular flexibility index (Phi) is 12.3. The van der Waals surface area contributed by atoms with E-state index in [2.05, 4.69) is 26.8 Å². The molecule has 8 nitrogen and oxygen atoms in total. The Morgan fingerprint density at radius 2 is 2.07 bits per heavy atom. The van der Waals surface area contributed by atoms with E-state index in [1.807, 2.05) is 43.1 Å². The van der Waals surface area contributed by atoms with E-state index in [-0.39, 0.29) is 36.3 Å². The Morgan fingerprint density at radius 1 is 1.33 bits per heavy atom. The molecule has 0 atom stereocenters. The number of sulfonamides is 1. The number of aliphatic imine (C=N–C) groups is 1. The molecule has 1 aromatic rings. The van der Waals surface area contributed by atoms with E-state index in [9.17, 15) is 8.42 Å². The van der Waals surface area contributed by atoms with Gasteiger partial charge in [-0.2, -0.15) is 4.31 Å². The number of allylic oxidation sites excluding steroid dienone is 1. The number of piperazine rings is 1. The summed E-state index contributed by atoms with van der Waals surface area (Å²) in [5.74, 6) is 1.65. The zero-order valence-corrected chi connectivity index (χ0v) is 21.2. The van der Waals surface area contributed by atoms with Gasteiger partial charge in [-0.1, -0.05) is 12.1 Å². The maximum atomic E-state index is 12.7. The lowest BCUT2D eigenvalue weighted by Crippen LogP contribution is -2.49. The maximum Gasteiger partial charge on any atom is 0.216 e. The molecular formula is C20H35IN6O2S. The minimum atomic E-state index is -3.33. The molecule has 1 aromatic heterocycles. The number of aromatic nitrogens is 1. The zero-order valence-electron chi connectivity index (χ0n) is 18.0. The van der Waals surface area contributed by atoms with Gasteiger partial charge in [-0.25, -0.2) is 13.4 Å². The van der Waals surface area contributed by atoms with Crippen molar-refractivity contribution in [2.45, 2.75) is 19.8 Å². The lowest BCUT2D eigenvalue weighted by atomic mass is 10.3. The molecule has 0 amide bonds. The van der Waals surface area contributed by atoms with Crippen molar-refractivity contribution in [1.29, 1.82) is 0 Å². The van der Waals surface area contributed by atoms with Gasteiger partial charge in [0.25, 0.3) is 0 Å². The first-order chi connectivity index (χ1) is 14.0. The van der Waals surface area contributed by atoms with E-state index in [0.29, 0.717) is 26.2 Å². The summed E-state index contributed by atoms with van der Waals surface area (Å²) in [5, 5.41) is 3.23. The lowest BCUT2D eigenvalue weighted by Gasteiger charge is -2.34. The summed E-state index contributed by atoms with van der Waals surface area (Å²) in [6.07, 6.45) is 5.59. The molecule has 1 N–H and O–H groups in total. The number of halogens is 1. The molecule has 2 heterocycles. The smallest absolute Gasteiger partial charge is 0.216 e. The highest BCUT2D eigenvalue weighted by molar-refractivity contribution is 14.0. The number of pyridine rings is 1. The first kappa shape index (κ1) is 26.6. The highest BCUT2D eigenvalue weighted by Gasteiger charge is 2.27. The molecule has 0 saturated carbocycles. The van der Waals surface area contributed by atoms with Crippen molar-refractivity contribution in [3.63, 3.8) is 0 Å². The molecule has 1 fully saturated rings. The summed E-state index contributed by atoms with van der Waals surface area (Å²) in [6, 6.07) is 5.77. The van der Waals surface area contributed by atoms with E-state index in [1.54, 1.807) is 10.5 Å². The fraction of sp³-hybridized carbons (Fsp3) is 0.600. The van der Waals surface area contributed by atoms with Gasteiger partial charge in [-0.3, -0.25) is 4.99 Å². The number of nitrogens with one attached hydrogen (secondary N) is 1. The quantitative estimate of drug-likeness (QED) is 0.158. The normalized spacial score (nSPS) is 15.4. The van der Waals surface area contributed by atoms with E-state index in [0.717, 1.165) is 37.7 Å². The van der Waals surface area contributed by atoms with Crippen LogP contribution in [-0.4, -0.2) is 87.2 Å². The molecule has 1 aliphatic rings. The molecule has 0 aliphatic carbocycles.